The van der Waals surface area contributed by atoms with E-state index in [2.05, 4.69) is 6.58 Å². The van der Waals surface area contributed by atoms with Crippen molar-refractivity contribution >= 4 is 11.9 Å². The summed E-state index contributed by atoms with van der Waals surface area (Å²) in [6, 6.07) is 0. The minimum Gasteiger partial charge on any atom is -0.481 e. The first-order valence-electron chi connectivity index (χ1n) is 4.64. The Morgan fingerprint density at radius 3 is 2.29 bits per heavy atom. The number of likely N-dealkylation sites (tertiary alicyclic amines) is 1. The van der Waals surface area contributed by atoms with Crippen molar-refractivity contribution in [2.75, 3.05) is 13.1 Å². The number of hydrogen-bond donors (Lipinski definition) is 1. The molecule has 0 atom stereocenters. The zero-order valence-electron chi connectivity index (χ0n) is 8.32. The predicted molar refractivity (Wildman–Crippen MR) is 51.8 cm³/mol. The molecule has 0 bridgehead atoms. The van der Waals surface area contributed by atoms with Gasteiger partial charge in [-0.3, -0.25) is 9.59 Å². The number of hydrogen-bond acceptors (Lipinski definition) is 2. The van der Waals surface area contributed by atoms with Crippen LogP contribution >= 0.6 is 0 Å². The molecule has 1 aliphatic heterocycles. The van der Waals surface area contributed by atoms with E-state index < -0.39 is 11.4 Å². The second kappa shape index (κ2) is 3.82. The largest absolute Gasteiger partial charge is 0.481 e. The summed E-state index contributed by atoms with van der Waals surface area (Å²) in [5.41, 5.74) is -0.669. The summed E-state index contributed by atoms with van der Waals surface area (Å²) in [7, 11) is 0. The number of carboxylic acids is 1. The number of carboxylic acid groups (broad SMARTS) is 1. The molecule has 1 saturated heterocycles. The summed E-state index contributed by atoms with van der Waals surface area (Å²) in [5, 5.41) is 8.96. The van der Waals surface area contributed by atoms with Gasteiger partial charge in [-0.05, 0) is 25.8 Å². The summed E-state index contributed by atoms with van der Waals surface area (Å²) in [5.74, 6) is -0.888. The van der Waals surface area contributed by atoms with Gasteiger partial charge in [0.25, 0.3) is 0 Å². The van der Waals surface area contributed by atoms with Gasteiger partial charge in [-0.15, -0.1) is 0 Å². The van der Waals surface area contributed by atoms with Crippen molar-refractivity contribution in [2.45, 2.75) is 19.8 Å². The van der Waals surface area contributed by atoms with Crippen molar-refractivity contribution in [1.29, 1.82) is 0 Å². The van der Waals surface area contributed by atoms with Crippen LogP contribution in [0.25, 0.3) is 0 Å². The van der Waals surface area contributed by atoms with Crippen molar-refractivity contribution in [1.82, 2.24) is 4.90 Å². The van der Waals surface area contributed by atoms with Gasteiger partial charge in [-0.1, -0.05) is 6.58 Å². The van der Waals surface area contributed by atoms with Gasteiger partial charge in [0.15, 0.2) is 0 Å². The monoisotopic (exact) mass is 197 g/mol. The van der Waals surface area contributed by atoms with Crippen LogP contribution in [-0.4, -0.2) is 35.0 Å². The molecular formula is C10H15NO3. The molecular weight excluding hydrogens is 182 g/mol. The molecule has 1 amide bonds. The third-order valence-electron chi connectivity index (χ3n) is 2.87. The molecule has 4 nitrogen and oxygen atoms in total. The van der Waals surface area contributed by atoms with Crippen LogP contribution in [0.15, 0.2) is 12.7 Å². The van der Waals surface area contributed by atoms with Crippen molar-refractivity contribution < 1.29 is 14.7 Å². The number of carbonyl (C=O) groups is 2. The summed E-state index contributed by atoms with van der Waals surface area (Å²) in [6.45, 7) is 6.14. The highest BCUT2D eigenvalue weighted by molar-refractivity contribution is 5.87. The average Bonchev–Trinajstić information content (AvgIpc) is 2.17. The molecule has 0 unspecified atom stereocenters. The molecule has 14 heavy (non-hydrogen) atoms. The zero-order valence-corrected chi connectivity index (χ0v) is 8.32. The zero-order chi connectivity index (χ0) is 10.8. The Bertz CT molecular complexity index is 265. The van der Waals surface area contributed by atoms with Crippen LogP contribution in [0.2, 0.25) is 0 Å². The second-order valence-corrected chi connectivity index (χ2v) is 3.90. The van der Waals surface area contributed by atoms with Crippen LogP contribution in [0, 0.1) is 5.41 Å². The van der Waals surface area contributed by atoms with Crippen LogP contribution < -0.4 is 0 Å². The van der Waals surface area contributed by atoms with Gasteiger partial charge in [-0.2, -0.15) is 0 Å². The Morgan fingerprint density at radius 2 is 1.93 bits per heavy atom. The molecule has 1 rings (SSSR count). The molecule has 0 aromatic carbocycles. The van der Waals surface area contributed by atoms with Gasteiger partial charge in [0.05, 0.1) is 5.41 Å². The topological polar surface area (TPSA) is 57.6 Å². The van der Waals surface area contributed by atoms with Gasteiger partial charge in [0.1, 0.15) is 0 Å². The van der Waals surface area contributed by atoms with E-state index in [1.54, 1.807) is 11.8 Å². The lowest BCUT2D eigenvalue weighted by atomic mass is 9.80. The number of aliphatic carboxylic acids is 1. The molecule has 4 heteroatoms. The summed E-state index contributed by atoms with van der Waals surface area (Å²) in [4.78, 5) is 23.7. The first-order chi connectivity index (χ1) is 6.49. The number of carbonyl (C=O) groups excluding carboxylic acids is 1. The van der Waals surface area contributed by atoms with E-state index in [1.807, 2.05) is 0 Å². The van der Waals surface area contributed by atoms with Gasteiger partial charge in [0.2, 0.25) is 5.91 Å². The van der Waals surface area contributed by atoms with E-state index in [0.29, 0.717) is 25.9 Å². The van der Waals surface area contributed by atoms with Crippen molar-refractivity contribution in [3.05, 3.63) is 12.7 Å². The number of piperidine rings is 1. The molecule has 0 aliphatic carbocycles. The van der Waals surface area contributed by atoms with Crippen LogP contribution in [0.1, 0.15) is 19.8 Å². The standard InChI is InChI=1S/C10H15NO3/c1-3-8(12)11-6-4-10(2,5-7-11)9(13)14/h3H,1,4-7H2,2H3,(H,13,14). The quantitative estimate of drug-likeness (QED) is 0.669. The first-order valence-corrected chi connectivity index (χ1v) is 4.64. The van der Waals surface area contributed by atoms with Crippen molar-refractivity contribution in [3.63, 3.8) is 0 Å². The molecule has 1 aliphatic rings. The van der Waals surface area contributed by atoms with Gasteiger partial charge >= 0.3 is 5.97 Å². The molecule has 0 radical (unpaired) electrons. The summed E-state index contributed by atoms with van der Waals surface area (Å²) in [6.07, 6.45) is 2.30. The highest BCUT2D eigenvalue weighted by Gasteiger charge is 2.37. The third-order valence-corrected chi connectivity index (χ3v) is 2.87. The van der Waals surface area contributed by atoms with Crippen LogP contribution in [-0.2, 0) is 9.59 Å². The number of nitrogens with zero attached hydrogens (tertiary/aromatic N) is 1. The smallest absolute Gasteiger partial charge is 0.309 e. The maximum atomic E-state index is 11.2. The molecule has 1 heterocycles. The highest BCUT2D eigenvalue weighted by atomic mass is 16.4. The lowest BCUT2D eigenvalue weighted by molar-refractivity contribution is -0.152. The van der Waals surface area contributed by atoms with Gasteiger partial charge in [0, 0.05) is 13.1 Å². The Balaban J connectivity index is 2.58. The molecule has 1 fully saturated rings. The fraction of sp³-hybridized carbons (Fsp3) is 0.600. The predicted octanol–water partition coefficient (Wildman–Crippen LogP) is 0.886. The van der Waals surface area contributed by atoms with Crippen LogP contribution in [0.5, 0.6) is 0 Å². The molecule has 78 valence electrons. The average molecular weight is 197 g/mol. The number of amides is 1. The van der Waals surface area contributed by atoms with Crippen molar-refractivity contribution in [3.8, 4) is 0 Å². The SMILES string of the molecule is C=CC(=O)N1CCC(C)(C(=O)O)CC1. The Morgan fingerprint density at radius 1 is 1.43 bits per heavy atom. The van der Waals surface area contributed by atoms with E-state index >= 15 is 0 Å². The minimum atomic E-state index is -0.775. The van der Waals surface area contributed by atoms with Gasteiger partial charge in [-0.25, -0.2) is 0 Å². The lowest BCUT2D eigenvalue weighted by Crippen LogP contribution is -2.44. The van der Waals surface area contributed by atoms with E-state index in [1.165, 1.54) is 6.08 Å². The van der Waals surface area contributed by atoms with Crippen LogP contribution in [0.3, 0.4) is 0 Å². The molecule has 0 spiro atoms. The van der Waals surface area contributed by atoms with E-state index in [4.69, 9.17) is 5.11 Å². The first kappa shape index (κ1) is 10.8. The van der Waals surface area contributed by atoms with Crippen LogP contribution in [0.4, 0.5) is 0 Å². The fourth-order valence-electron chi connectivity index (χ4n) is 1.56. The fourth-order valence-corrected chi connectivity index (χ4v) is 1.56. The Labute approximate surface area is 83.2 Å². The van der Waals surface area contributed by atoms with Gasteiger partial charge < -0.3 is 10.0 Å². The van der Waals surface area contributed by atoms with Crippen molar-refractivity contribution in [2.24, 2.45) is 5.41 Å². The summed E-state index contributed by atoms with van der Waals surface area (Å²) < 4.78 is 0. The molecule has 1 N–H and O–H groups in total. The second-order valence-electron chi connectivity index (χ2n) is 3.90. The molecule has 0 aromatic heterocycles. The van der Waals surface area contributed by atoms with E-state index in [0.717, 1.165) is 0 Å². The maximum absolute atomic E-state index is 11.2. The Hall–Kier alpha value is -1.32. The summed E-state index contributed by atoms with van der Waals surface area (Å²) >= 11 is 0. The molecule has 0 saturated carbocycles. The molecule has 0 aromatic rings. The minimum absolute atomic E-state index is 0.113. The Kier molecular flexibility index (Phi) is 2.93. The third kappa shape index (κ3) is 1.95. The normalized spacial score (nSPS) is 20.2. The van der Waals surface area contributed by atoms with E-state index in [9.17, 15) is 9.59 Å². The van der Waals surface area contributed by atoms with E-state index in [-0.39, 0.29) is 5.91 Å². The number of rotatable bonds is 2. The lowest BCUT2D eigenvalue weighted by Gasteiger charge is -2.35. The highest BCUT2D eigenvalue weighted by Crippen LogP contribution is 2.30. The maximum Gasteiger partial charge on any atom is 0.309 e.